The Morgan fingerprint density at radius 3 is 2.86 bits per heavy atom. The van der Waals surface area contributed by atoms with Gasteiger partial charge in [-0.05, 0) is 44.7 Å². The summed E-state index contributed by atoms with van der Waals surface area (Å²) in [5, 5.41) is 1.38. The van der Waals surface area contributed by atoms with E-state index in [9.17, 15) is 4.79 Å². The summed E-state index contributed by atoms with van der Waals surface area (Å²) in [5.41, 5.74) is 4.08. The molecule has 2 aromatic rings. The lowest BCUT2D eigenvalue weighted by Crippen LogP contribution is -2.54. The van der Waals surface area contributed by atoms with Gasteiger partial charge in [0, 0.05) is 36.1 Å². The second-order valence-electron chi connectivity index (χ2n) is 6.51. The minimum atomic E-state index is -0.113. The number of aromatic nitrogens is 1. The summed E-state index contributed by atoms with van der Waals surface area (Å²) in [7, 11) is 0. The number of carbonyl (C=O) groups excluding carboxylic acids is 1. The summed E-state index contributed by atoms with van der Waals surface area (Å²) in [6.07, 6.45) is 3.81. The zero-order valence-corrected chi connectivity index (χ0v) is 12.9. The SMILES string of the molecule is CCn1c2c(c3ccccc31)CCN1C(=O)CCCC21C. The van der Waals surface area contributed by atoms with Crippen LogP contribution in [0.4, 0.5) is 0 Å². The van der Waals surface area contributed by atoms with Crippen molar-refractivity contribution < 1.29 is 4.79 Å². The number of fused-ring (bicyclic) bond motifs is 5. The second-order valence-corrected chi connectivity index (χ2v) is 6.51. The summed E-state index contributed by atoms with van der Waals surface area (Å²) in [6, 6.07) is 8.70. The van der Waals surface area contributed by atoms with Gasteiger partial charge in [-0.15, -0.1) is 0 Å². The number of para-hydroxylation sites is 1. The van der Waals surface area contributed by atoms with Gasteiger partial charge in [-0.1, -0.05) is 18.2 Å². The largest absolute Gasteiger partial charge is 0.342 e. The number of hydrogen-bond donors (Lipinski definition) is 0. The van der Waals surface area contributed by atoms with Crippen molar-refractivity contribution >= 4 is 16.8 Å². The Hall–Kier alpha value is -1.77. The van der Waals surface area contributed by atoms with Crippen molar-refractivity contribution in [3.63, 3.8) is 0 Å². The molecule has 2 aliphatic rings. The first-order chi connectivity index (χ1) is 10.2. The Kier molecular flexibility index (Phi) is 2.69. The fraction of sp³-hybridized carbons (Fsp3) is 0.500. The number of aryl methyl sites for hydroxylation is 1. The molecule has 0 N–H and O–H groups in total. The first-order valence-electron chi connectivity index (χ1n) is 8.08. The predicted octanol–water partition coefficient (Wildman–Crippen LogP) is 3.45. The van der Waals surface area contributed by atoms with Crippen molar-refractivity contribution in [1.29, 1.82) is 0 Å². The van der Waals surface area contributed by atoms with E-state index in [0.717, 1.165) is 38.8 Å². The van der Waals surface area contributed by atoms with Crippen molar-refractivity contribution in [2.75, 3.05) is 6.54 Å². The Morgan fingerprint density at radius 2 is 2.05 bits per heavy atom. The van der Waals surface area contributed by atoms with Crippen molar-refractivity contribution in [2.24, 2.45) is 0 Å². The fourth-order valence-corrected chi connectivity index (χ4v) is 4.54. The van der Waals surface area contributed by atoms with Crippen LogP contribution in [0.1, 0.15) is 44.4 Å². The maximum atomic E-state index is 12.4. The minimum absolute atomic E-state index is 0.113. The van der Waals surface area contributed by atoms with Crippen molar-refractivity contribution in [3.8, 4) is 0 Å². The Bertz CT molecular complexity index is 697. The van der Waals surface area contributed by atoms with Crippen LogP contribution in [0.25, 0.3) is 10.9 Å². The molecule has 3 nitrogen and oxygen atoms in total. The van der Waals surface area contributed by atoms with Gasteiger partial charge in [0.2, 0.25) is 5.91 Å². The Balaban J connectivity index is 2.03. The number of carbonyl (C=O) groups is 1. The molecule has 1 amide bonds. The van der Waals surface area contributed by atoms with E-state index >= 15 is 0 Å². The number of amides is 1. The van der Waals surface area contributed by atoms with Crippen LogP contribution in [0.5, 0.6) is 0 Å². The number of rotatable bonds is 1. The summed E-state index contributed by atoms with van der Waals surface area (Å²) in [4.78, 5) is 14.5. The third-order valence-electron chi connectivity index (χ3n) is 5.44. The van der Waals surface area contributed by atoms with Crippen LogP contribution < -0.4 is 0 Å². The van der Waals surface area contributed by atoms with Crippen molar-refractivity contribution in [2.45, 2.75) is 51.6 Å². The molecule has 0 radical (unpaired) electrons. The minimum Gasteiger partial charge on any atom is -0.342 e. The van der Waals surface area contributed by atoms with Crippen molar-refractivity contribution in [1.82, 2.24) is 9.47 Å². The number of hydrogen-bond acceptors (Lipinski definition) is 1. The van der Waals surface area contributed by atoms with Crippen LogP contribution in [0.3, 0.4) is 0 Å². The van der Waals surface area contributed by atoms with Crippen LogP contribution in [0.2, 0.25) is 0 Å². The van der Waals surface area contributed by atoms with E-state index in [4.69, 9.17) is 0 Å². The topological polar surface area (TPSA) is 25.2 Å². The molecule has 21 heavy (non-hydrogen) atoms. The Labute approximate surface area is 125 Å². The molecular formula is C18H22N2O. The van der Waals surface area contributed by atoms with Gasteiger partial charge >= 0.3 is 0 Å². The summed E-state index contributed by atoms with van der Waals surface area (Å²) in [5.74, 6) is 0.335. The zero-order chi connectivity index (χ0) is 14.6. The first-order valence-corrected chi connectivity index (χ1v) is 8.08. The van der Waals surface area contributed by atoms with E-state index < -0.39 is 0 Å². The molecule has 0 bridgehead atoms. The van der Waals surface area contributed by atoms with E-state index in [-0.39, 0.29) is 5.54 Å². The van der Waals surface area contributed by atoms with Gasteiger partial charge in [0.25, 0.3) is 0 Å². The normalized spacial score (nSPS) is 25.0. The number of nitrogens with zero attached hydrogens (tertiary/aromatic N) is 2. The molecule has 0 saturated carbocycles. The van der Waals surface area contributed by atoms with Gasteiger partial charge in [-0.25, -0.2) is 0 Å². The maximum absolute atomic E-state index is 12.4. The van der Waals surface area contributed by atoms with E-state index in [1.54, 1.807) is 0 Å². The van der Waals surface area contributed by atoms with E-state index in [0.29, 0.717) is 5.91 Å². The molecule has 2 aliphatic heterocycles. The van der Waals surface area contributed by atoms with Gasteiger partial charge in [-0.3, -0.25) is 4.79 Å². The van der Waals surface area contributed by atoms with Crippen LogP contribution in [-0.4, -0.2) is 21.9 Å². The highest BCUT2D eigenvalue weighted by atomic mass is 16.2. The molecule has 0 spiro atoms. The van der Waals surface area contributed by atoms with Crippen LogP contribution in [-0.2, 0) is 23.3 Å². The van der Waals surface area contributed by atoms with Crippen LogP contribution >= 0.6 is 0 Å². The molecule has 3 heteroatoms. The standard InChI is InChI=1S/C18H22N2O/c1-3-19-15-8-5-4-7-13(15)14-10-12-20-16(21)9-6-11-18(20,2)17(14)19/h4-5,7-8H,3,6,9-12H2,1-2H3. The molecule has 0 aliphatic carbocycles. The summed E-state index contributed by atoms with van der Waals surface area (Å²) >= 11 is 0. The molecule has 1 aromatic heterocycles. The number of benzene rings is 1. The van der Waals surface area contributed by atoms with Gasteiger partial charge in [0.1, 0.15) is 0 Å². The zero-order valence-electron chi connectivity index (χ0n) is 12.9. The summed E-state index contributed by atoms with van der Waals surface area (Å²) < 4.78 is 2.44. The molecule has 1 atom stereocenters. The van der Waals surface area contributed by atoms with Crippen LogP contribution in [0.15, 0.2) is 24.3 Å². The lowest BCUT2D eigenvalue weighted by molar-refractivity contribution is -0.142. The van der Waals surface area contributed by atoms with E-state index in [1.807, 2.05) is 0 Å². The highest BCUT2D eigenvalue weighted by Gasteiger charge is 2.46. The average molecular weight is 282 g/mol. The van der Waals surface area contributed by atoms with E-state index in [1.165, 1.54) is 22.2 Å². The van der Waals surface area contributed by atoms with Crippen LogP contribution in [0, 0.1) is 0 Å². The summed E-state index contributed by atoms with van der Waals surface area (Å²) in [6.45, 7) is 6.32. The monoisotopic (exact) mass is 282 g/mol. The maximum Gasteiger partial charge on any atom is 0.223 e. The molecule has 4 rings (SSSR count). The molecule has 1 unspecified atom stereocenters. The molecule has 110 valence electrons. The smallest absolute Gasteiger partial charge is 0.223 e. The quantitative estimate of drug-likeness (QED) is 0.786. The lowest BCUT2D eigenvalue weighted by atomic mass is 9.79. The van der Waals surface area contributed by atoms with Gasteiger partial charge in [0.15, 0.2) is 0 Å². The predicted molar refractivity (Wildman–Crippen MR) is 84.2 cm³/mol. The highest BCUT2D eigenvalue weighted by molar-refractivity contribution is 5.88. The van der Waals surface area contributed by atoms with Gasteiger partial charge in [-0.2, -0.15) is 0 Å². The Morgan fingerprint density at radius 1 is 1.24 bits per heavy atom. The van der Waals surface area contributed by atoms with Gasteiger partial charge < -0.3 is 9.47 Å². The molecule has 1 fully saturated rings. The number of piperidine rings is 1. The molecule has 1 saturated heterocycles. The van der Waals surface area contributed by atoms with E-state index in [2.05, 4.69) is 47.6 Å². The first kappa shape index (κ1) is 12.9. The van der Waals surface area contributed by atoms with Gasteiger partial charge in [0.05, 0.1) is 5.54 Å². The van der Waals surface area contributed by atoms with Crippen molar-refractivity contribution in [3.05, 3.63) is 35.5 Å². The molecule has 1 aromatic carbocycles. The third-order valence-corrected chi connectivity index (χ3v) is 5.44. The second kappa shape index (κ2) is 4.36. The third kappa shape index (κ3) is 1.57. The molecular weight excluding hydrogens is 260 g/mol. The average Bonchev–Trinajstić information content (AvgIpc) is 2.82. The fourth-order valence-electron chi connectivity index (χ4n) is 4.54. The highest BCUT2D eigenvalue weighted by Crippen LogP contribution is 2.45. The molecule has 3 heterocycles. The lowest BCUT2D eigenvalue weighted by Gasteiger charge is -2.48.